The molecule has 0 radical (unpaired) electrons. The van der Waals surface area contributed by atoms with Gasteiger partial charge in [-0.2, -0.15) is 0 Å². The number of rotatable bonds is 12. The summed E-state index contributed by atoms with van der Waals surface area (Å²) in [6.45, 7) is 12.1. The topological polar surface area (TPSA) is 51.1 Å². The molecule has 2 aromatic heterocycles. The average Bonchev–Trinajstić information content (AvgIpc) is 1.72. The average molecular weight is 990 g/mol. The maximum Gasteiger partial charge on any atom is 0.137 e. The van der Waals surface area contributed by atoms with Crippen molar-refractivity contribution in [2.24, 2.45) is 5.89 Å². The van der Waals surface area contributed by atoms with Crippen LogP contribution in [0.1, 0.15) is 124 Å². The van der Waals surface area contributed by atoms with Gasteiger partial charge in [-0.3, -0.25) is 4.57 Å². The smallest absolute Gasteiger partial charge is 0.137 e. The number of aromatic nitrogens is 2. The second-order valence-electron chi connectivity index (χ2n) is 21.6. The zero-order valence-electron chi connectivity index (χ0n) is 62.1. The Bertz CT molecular complexity index is 4560. The number of hydrogen-bond acceptors (Lipinski definition) is 4. The normalized spacial score (nSPS) is 16.3. The van der Waals surface area contributed by atoms with Crippen molar-refractivity contribution in [1.82, 2.24) is 9.55 Å². The van der Waals surface area contributed by atoms with E-state index in [9.17, 15) is 5.48 Å². The Morgan fingerprint density at radius 2 is 1.12 bits per heavy atom. The molecular formula is C69H70N4O. The number of pyridine rings is 1. The summed E-state index contributed by atoms with van der Waals surface area (Å²) in [5, 5.41) is 8.54. The summed E-state index contributed by atoms with van der Waals surface area (Å²) in [6, 6.07) is 30.7. The number of nitrogens with zero attached hydrogens (tertiary/aromatic N) is 2. The van der Waals surface area contributed by atoms with E-state index in [-0.39, 0.29) is 40.0 Å². The van der Waals surface area contributed by atoms with Crippen LogP contribution in [0.4, 0.5) is 22.7 Å². The van der Waals surface area contributed by atoms with E-state index < -0.39 is 109 Å². The molecule has 10 rings (SSSR count). The molecule has 10 aromatic rings. The molecule has 5 nitrogen and oxygen atoms in total. The minimum Gasteiger partial charge on any atom is -0.457 e. The quantitative estimate of drug-likeness (QED) is 0.128. The molecule has 0 aliphatic carbocycles. The first-order valence-corrected chi connectivity index (χ1v) is 24.6. The summed E-state index contributed by atoms with van der Waals surface area (Å²) in [5.74, 6) is -2.99. The van der Waals surface area contributed by atoms with Gasteiger partial charge in [-0.15, -0.1) is 0 Å². The van der Waals surface area contributed by atoms with Gasteiger partial charge >= 0.3 is 0 Å². The zero-order chi connectivity index (χ0) is 68.3. The van der Waals surface area contributed by atoms with Crippen LogP contribution in [0, 0.1) is 5.89 Å². The van der Waals surface area contributed by atoms with Crippen LogP contribution in [0.25, 0.3) is 61.0 Å². The molecule has 5 heteroatoms. The van der Waals surface area contributed by atoms with Crippen molar-refractivity contribution in [2.45, 2.75) is 98.7 Å². The lowest BCUT2D eigenvalue weighted by Gasteiger charge is -2.29. The van der Waals surface area contributed by atoms with E-state index >= 15 is 0 Å². The third-order valence-corrected chi connectivity index (χ3v) is 13.1. The van der Waals surface area contributed by atoms with Crippen LogP contribution in [0.5, 0.6) is 11.5 Å². The first-order valence-electron chi connectivity index (χ1n) is 34.1. The van der Waals surface area contributed by atoms with Crippen LogP contribution in [0.3, 0.4) is 0 Å². The monoisotopic (exact) mass is 990 g/mol. The first kappa shape index (κ1) is 31.6. The molecule has 0 bridgehead atoms. The highest BCUT2D eigenvalue weighted by Gasteiger charge is 2.26. The molecule has 372 valence electrons. The van der Waals surface area contributed by atoms with Crippen LogP contribution < -0.4 is 15.4 Å². The summed E-state index contributed by atoms with van der Waals surface area (Å²) in [5.41, 5.74) is 5.45. The van der Waals surface area contributed by atoms with E-state index in [1.54, 1.807) is 54.6 Å². The minimum atomic E-state index is -3.52. The van der Waals surface area contributed by atoms with E-state index in [4.69, 9.17) is 25.3 Å². The second kappa shape index (κ2) is 19.8. The molecular weight excluding hydrogens is 901 g/mol. The summed E-state index contributed by atoms with van der Waals surface area (Å²) in [7, 11) is 0. The standard InChI is InChI=1S/C69H70N4O/c1-45(2)35-48-38-65(70-44-60(48)47-25-16-13-17-26-47)73-63-32-21-18-29-56(63)57-34-33-55(43-64(57)73)74-54-28-22-27-53(42-54)71-61-30-19-20-31-62(61)72-66-58(46-23-14-12-15-24-46)40-52(69(9,10)11)41-59(66)49-36-50(67(3,4)5)39-51(37-49)68(6,7)8/h12-34,36-45,71-72H,35H2,1-11H3/i1D3,2D3,12D,13D,14D,15D,16D,17D,23D,24D,25D,26D,38D,44D,45D. The molecule has 0 saturated carbocycles. The Hall–Kier alpha value is -7.89. The molecule has 74 heavy (non-hydrogen) atoms. The Morgan fingerprint density at radius 1 is 0.554 bits per heavy atom. The number of ether oxygens (including phenoxy) is 1. The van der Waals surface area contributed by atoms with Gasteiger partial charge in [0, 0.05) is 61.1 Å². The van der Waals surface area contributed by atoms with E-state index in [0.29, 0.717) is 55.9 Å². The van der Waals surface area contributed by atoms with Crippen molar-refractivity contribution in [3.8, 4) is 50.7 Å². The van der Waals surface area contributed by atoms with Gasteiger partial charge in [0.15, 0.2) is 0 Å². The van der Waals surface area contributed by atoms with Crippen LogP contribution in [-0.4, -0.2) is 9.55 Å². The predicted octanol–water partition coefficient (Wildman–Crippen LogP) is 19.6. The molecule has 2 N–H and O–H groups in total. The molecule has 0 aliphatic heterocycles. The Balaban J connectivity index is 1.10. The fourth-order valence-electron chi connectivity index (χ4n) is 9.07. The lowest BCUT2D eigenvalue weighted by Crippen LogP contribution is -2.17. The molecule has 2 heterocycles. The predicted molar refractivity (Wildman–Crippen MR) is 315 cm³/mol. The summed E-state index contributed by atoms with van der Waals surface area (Å²) in [6.07, 6.45) is -2.02. The highest BCUT2D eigenvalue weighted by Crippen LogP contribution is 2.46. The fraction of sp³-hybridized carbons (Fsp3) is 0.232. The molecule has 0 aliphatic rings. The molecule has 0 atom stereocenters. The van der Waals surface area contributed by atoms with Gasteiger partial charge in [0.1, 0.15) is 17.3 Å². The van der Waals surface area contributed by atoms with E-state index in [2.05, 4.69) is 102 Å². The summed E-state index contributed by atoms with van der Waals surface area (Å²) in [4.78, 5) is 4.54. The van der Waals surface area contributed by atoms with Crippen molar-refractivity contribution in [3.63, 3.8) is 0 Å². The van der Waals surface area contributed by atoms with Crippen LogP contribution >= 0.6 is 0 Å². The van der Waals surface area contributed by atoms with Gasteiger partial charge < -0.3 is 15.4 Å². The minimum absolute atomic E-state index is 0.0391. The van der Waals surface area contributed by atoms with Gasteiger partial charge in [-0.05, 0) is 128 Å². The fourth-order valence-corrected chi connectivity index (χ4v) is 9.07. The third kappa shape index (κ3) is 10.5. The van der Waals surface area contributed by atoms with Gasteiger partial charge in [0.05, 0.1) is 44.5 Å². The number of fused-ring (bicyclic) bond motifs is 3. The van der Waals surface area contributed by atoms with Crippen molar-refractivity contribution < 1.29 is 30.8 Å². The van der Waals surface area contributed by atoms with E-state index in [1.165, 1.54) is 4.57 Å². The highest BCUT2D eigenvalue weighted by atomic mass is 16.5. The zero-order valence-corrected chi connectivity index (χ0v) is 43.1. The lowest BCUT2D eigenvalue weighted by molar-refractivity contribution is 0.483. The largest absolute Gasteiger partial charge is 0.457 e. The van der Waals surface area contributed by atoms with Gasteiger partial charge in [0.2, 0.25) is 0 Å². The van der Waals surface area contributed by atoms with Crippen LogP contribution in [0.15, 0.2) is 194 Å². The summed E-state index contributed by atoms with van der Waals surface area (Å²) >= 11 is 0. The molecule has 0 fully saturated rings. The number of anilines is 4. The molecule has 0 amide bonds. The van der Waals surface area contributed by atoms with Gasteiger partial charge in [0.25, 0.3) is 0 Å². The van der Waals surface area contributed by atoms with Crippen LogP contribution in [0.2, 0.25) is 0 Å². The van der Waals surface area contributed by atoms with Crippen LogP contribution in [-0.2, 0) is 22.7 Å². The Morgan fingerprint density at radius 3 is 1.77 bits per heavy atom. The van der Waals surface area contributed by atoms with E-state index in [0.717, 1.165) is 27.8 Å². The number of hydrogen-bond donors (Lipinski definition) is 2. The maximum absolute atomic E-state index is 9.84. The second-order valence-corrected chi connectivity index (χ2v) is 21.6. The van der Waals surface area contributed by atoms with E-state index in [1.807, 2.05) is 42.5 Å². The lowest BCUT2D eigenvalue weighted by atomic mass is 9.77. The van der Waals surface area contributed by atoms with Gasteiger partial charge in [-0.1, -0.05) is 191 Å². The number of para-hydroxylation sites is 3. The Labute approximate surface area is 466 Å². The van der Waals surface area contributed by atoms with Crippen molar-refractivity contribution in [3.05, 3.63) is 216 Å². The maximum atomic E-state index is 9.84. The van der Waals surface area contributed by atoms with Gasteiger partial charge in [-0.25, -0.2) is 4.98 Å². The number of benzene rings is 8. The molecule has 0 unspecified atom stereocenters. The first-order chi connectivity index (χ1) is 43.1. The molecule has 8 aromatic carbocycles. The SMILES string of the molecule is [2H]c1nc(-n2c3ccccc3c3ccc(Oc4cccc(Nc5ccccc5Nc5c(-c6cc(C(C)(C)C)cc(C(C)(C)C)c6)cc(C(C)(C)C)cc5-c5c([2H])c([2H])c([2H])c([2H])c5[2H])c4)cc32)c([2H])c(CC([2H])(C([2H])([2H])[2H])C([2H])([2H])[2H])c1-c1c([2H])c([2H])c([2H])c([2H])c1[2H]. The summed E-state index contributed by atoms with van der Waals surface area (Å²) < 4.78 is 174. The van der Waals surface area contributed by atoms with Crippen molar-refractivity contribution >= 4 is 44.6 Å². The van der Waals surface area contributed by atoms with Crippen molar-refractivity contribution in [2.75, 3.05) is 10.6 Å². The highest BCUT2D eigenvalue weighted by molar-refractivity contribution is 6.09. The third-order valence-electron chi connectivity index (χ3n) is 13.1. The van der Waals surface area contributed by atoms with Crippen molar-refractivity contribution in [1.29, 1.82) is 0 Å². The number of nitrogens with one attached hydrogen (secondary N) is 2. The molecule has 0 saturated heterocycles. The Kier molecular flexibility index (Phi) is 8.49. The molecule has 0 spiro atoms.